The van der Waals surface area contributed by atoms with Gasteiger partial charge in [-0.05, 0) is 18.9 Å². The van der Waals surface area contributed by atoms with Crippen LogP contribution in [0.2, 0.25) is 0 Å². The molecular formula is C15H15NO7. The Morgan fingerprint density at radius 3 is 2.65 bits per heavy atom. The zero-order valence-electron chi connectivity index (χ0n) is 12.8. The highest BCUT2D eigenvalue weighted by atomic mass is 16.6. The van der Waals surface area contributed by atoms with Gasteiger partial charge in [0.1, 0.15) is 5.58 Å². The Morgan fingerprint density at radius 2 is 2.09 bits per heavy atom. The number of carbonyl (C=O) groups is 1. The fraction of sp³-hybridized carbons (Fsp3) is 0.333. The number of nitro benzene ring substituents is 1. The first-order valence-electron chi connectivity index (χ1n) is 6.84. The highest BCUT2D eigenvalue weighted by molar-refractivity contribution is 5.85. The lowest BCUT2D eigenvalue weighted by Gasteiger charge is -2.15. The van der Waals surface area contributed by atoms with Crippen molar-refractivity contribution in [1.82, 2.24) is 0 Å². The van der Waals surface area contributed by atoms with Crippen molar-refractivity contribution in [2.24, 2.45) is 0 Å². The van der Waals surface area contributed by atoms with Gasteiger partial charge in [-0.15, -0.1) is 0 Å². The molecule has 1 heterocycles. The molecule has 0 saturated carbocycles. The molecule has 0 radical (unpaired) electrons. The van der Waals surface area contributed by atoms with Gasteiger partial charge < -0.3 is 13.9 Å². The Hall–Kier alpha value is -2.90. The summed E-state index contributed by atoms with van der Waals surface area (Å²) in [5.41, 5.74) is -0.201. The van der Waals surface area contributed by atoms with Crippen LogP contribution in [0.15, 0.2) is 27.4 Å². The van der Waals surface area contributed by atoms with E-state index in [1.807, 2.05) is 0 Å². The normalized spacial score (nSPS) is 12.0. The van der Waals surface area contributed by atoms with E-state index in [4.69, 9.17) is 9.15 Å². The van der Waals surface area contributed by atoms with Crippen molar-refractivity contribution in [2.45, 2.75) is 26.4 Å². The minimum Gasteiger partial charge on any atom is -0.471 e. The van der Waals surface area contributed by atoms with Crippen molar-refractivity contribution < 1.29 is 23.6 Å². The zero-order chi connectivity index (χ0) is 17.1. The summed E-state index contributed by atoms with van der Waals surface area (Å²) in [5.74, 6) is -0.805. The maximum Gasteiger partial charge on any atom is 0.347 e. The number of carbonyl (C=O) groups excluding carboxylic acids is 1. The first-order valence-corrected chi connectivity index (χ1v) is 6.84. The van der Waals surface area contributed by atoms with Crippen LogP contribution in [0.25, 0.3) is 11.0 Å². The minimum absolute atomic E-state index is 0.148. The third kappa shape index (κ3) is 3.31. The second-order valence-electron chi connectivity index (χ2n) is 4.86. The van der Waals surface area contributed by atoms with Gasteiger partial charge in [-0.3, -0.25) is 10.1 Å². The van der Waals surface area contributed by atoms with Crippen LogP contribution in [0.3, 0.4) is 0 Å². The van der Waals surface area contributed by atoms with Gasteiger partial charge in [0.25, 0.3) is 0 Å². The van der Waals surface area contributed by atoms with Crippen molar-refractivity contribution in [2.75, 3.05) is 7.11 Å². The Kier molecular flexibility index (Phi) is 4.63. The van der Waals surface area contributed by atoms with E-state index < -0.39 is 22.6 Å². The van der Waals surface area contributed by atoms with Crippen molar-refractivity contribution in [3.8, 4) is 5.75 Å². The first kappa shape index (κ1) is 16.5. The molecule has 1 atom stereocenters. The largest absolute Gasteiger partial charge is 0.471 e. The second-order valence-corrected chi connectivity index (χ2v) is 4.86. The van der Waals surface area contributed by atoms with E-state index in [2.05, 4.69) is 4.74 Å². The molecule has 0 spiro atoms. The molecule has 0 amide bonds. The molecule has 23 heavy (non-hydrogen) atoms. The van der Waals surface area contributed by atoms with Crippen LogP contribution in [0, 0.1) is 17.0 Å². The Morgan fingerprint density at radius 1 is 1.39 bits per heavy atom. The van der Waals surface area contributed by atoms with Crippen LogP contribution in [0.5, 0.6) is 5.75 Å². The first-order chi connectivity index (χ1) is 10.9. The Labute approximate surface area is 130 Å². The molecular weight excluding hydrogens is 306 g/mol. The molecule has 8 heteroatoms. The average molecular weight is 321 g/mol. The fourth-order valence-electron chi connectivity index (χ4n) is 2.15. The molecule has 1 aromatic heterocycles. The summed E-state index contributed by atoms with van der Waals surface area (Å²) in [6.45, 7) is 3.32. The van der Waals surface area contributed by atoms with Crippen LogP contribution in [-0.2, 0) is 9.53 Å². The molecule has 122 valence electrons. The molecule has 0 bridgehead atoms. The zero-order valence-corrected chi connectivity index (χ0v) is 12.8. The van der Waals surface area contributed by atoms with Gasteiger partial charge in [0.15, 0.2) is 6.10 Å². The molecule has 1 aromatic carbocycles. The molecule has 0 saturated heterocycles. The standard InChI is InChI=1S/C15H15NO7/c1-4-11(15(18)21-3)22-13-7-12-9(6-10(13)16(19)20)8(2)5-14(17)23-12/h5-7,11H,4H2,1-3H3. The molecule has 2 rings (SSSR count). The lowest BCUT2D eigenvalue weighted by Crippen LogP contribution is -2.28. The molecule has 0 aliphatic carbocycles. The monoisotopic (exact) mass is 321 g/mol. The highest BCUT2D eigenvalue weighted by Crippen LogP contribution is 2.34. The molecule has 1 unspecified atom stereocenters. The summed E-state index contributed by atoms with van der Waals surface area (Å²) in [7, 11) is 1.20. The van der Waals surface area contributed by atoms with Crippen LogP contribution >= 0.6 is 0 Å². The fourth-order valence-corrected chi connectivity index (χ4v) is 2.15. The van der Waals surface area contributed by atoms with Gasteiger partial charge in [-0.2, -0.15) is 0 Å². The molecule has 8 nitrogen and oxygen atoms in total. The Balaban J connectivity index is 2.61. The second kappa shape index (κ2) is 6.47. The molecule has 0 N–H and O–H groups in total. The summed E-state index contributed by atoms with van der Waals surface area (Å²) < 4.78 is 15.1. The van der Waals surface area contributed by atoms with Crippen molar-refractivity contribution in [3.05, 3.63) is 44.3 Å². The molecule has 0 aliphatic rings. The summed E-state index contributed by atoms with van der Waals surface area (Å²) in [6, 6.07) is 3.75. The number of hydrogen-bond donors (Lipinski definition) is 0. The third-order valence-electron chi connectivity index (χ3n) is 3.33. The van der Waals surface area contributed by atoms with Gasteiger partial charge in [0, 0.05) is 23.6 Å². The number of benzene rings is 1. The van der Waals surface area contributed by atoms with Crippen LogP contribution in [0.4, 0.5) is 5.69 Å². The summed E-state index contributed by atoms with van der Waals surface area (Å²) in [6.07, 6.45) is -0.729. The predicted octanol–water partition coefficient (Wildman–Crippen LogP) is 2.34. The van der Waals surface area contributed by atoms with E-state index in [0.717, 1.165) is 0 Å². The van der Waals surface area contributed by atoms with Crippen LogP contribution in [-0.4, -0.2) is 24.1 Å². The quantitative estimate of drug-likeness (QED) is 0.360. The van der Waals surface area contributed by atoms with Crippen molar-refractivity contribution in [1.29, 1.82) is 0 Å². The SMILES string of the molecule is CCC(Oc1cc2oc(=O)cc(C)c2cc1[N+](=O)[O-])C(=O)OC. The van der Waals surface area contributed by atoms with E-state index in [0.29, 0.717) is 10.9 Å². The van der Waals surface area contributed by atoms with E-state index in [9.17, 15) is 19.7 Å². The number of rotatable bonds is 5. The Bertz CT molecular complexity index is 824. The van der Waals surface area contributed by atoms with Crippen LogP contribution < -0.4 is 10.4 Å². The third-order valence-corrected chi connectivity index (χ3v) is 3.33. The van der Waals surface area contributed by atoms with Gasteiger partial charge in [-0.1, -0.05) is 6.92 Å². The number of fused-ring (bicyclic) bond motifs is 1. The molecule has 2 aromatic rings. The topological polar surface area (TPSA) is 109 Å². The number of hydrogen-bond acceptors (Lipinski definition) is 7. The molecule has 0 fully saturated rings. The smallest absolute Gasteiger partial charge is 0.347 e. The van der Waals surface area contributed by atoms with Gasteiger partial charge >= 0.3 is 17.3 Å². The van der Waals surface area contributed by atoms with Crippen molar-refractivity contribution in [3.63, 3.8) is 0 Å². The maximum absolute atomic E-state index is 11.6. The predicted molar refractivity (Wildman–Crippen MR) is 80.6 cm³/mol. The van der Waals surface area contributed by atoms with Gasteiger partial charge in [0.2, 0.25) is 5.75 Å². The summed E-state index contributed by atoms with van der Waals surface area (Å²) in [4.78, 5) is 33.7. The number of methoxy groups -OCH3 is 1. The van der Waals surface area contributed by atoms with Crippen LogP contribution in [0.1, 0.15) is 18.9 Å². The number of ether oxygens (including phenoxy) is 2. The van der Waals surface area contributed by atoms with E-state index in [-0.39, 0.29) is 23.4 Å². The number of aryl methyl sites for hydroxylation is 1. The van der Waals surface area contributed by atoms with Crippen molar-refractivity contribution >= 4 is 22.6 Å². The van der Waals surface area contributed by atoms with Gasteiger partial charge in [-0.25, -0.2) is 9.59 Å². The van der Waals surface area contributed by atoms with E-state index in [1.54, 1.807) is 13.8 Å². The lowest BCUT2D eigenvalue weighted by atomic mass is 10.1. The van der Waals surface area contributed by atoms with E-state index >= 15 is 0 Å². The highest BCUT2D eigenvalue weighted by Gasteiger charge is 2.25. The number of nitrogens with zero attached hydrogens (tertiary/aromatic N) is 1. The minimum atomic E-state index is -0.993. The maximum atomic E-state index is 11.6. The summed E-state index contributed by atoms with van der Waals surface area (Å²) in [5, 5.41) is 11.7. The molecule has 0 aliphatic heterocycles. The summed E-state index contributed by atoms with van der Waals surface area (Å²) >= 11 is 0. The van der Waals surface area contributed by atoms with E-state index in [1.165, 1.54) is 25.3 Å². The average Bonchev–Trinajstić information content (AvgIpc) is 2.50. The van der Waals surface area contributed by atoms with Gasteiger partial charge in [0.05, 0.1) is 12.0 Å². The number of esters is 1. The number of nitro groups is 1. The lowest BCUT2D eigenvalue weighted by molar-refractivity contribution is -0.385.